The zero-order valence-corrected chi connectivity index (χ0v) is 17.7. The average molecular weight is 428 g/mol. The second kappa shape index (κ2) is 6.74. The van der Waals surface area contributed by atoms with E-state index in [-0.39, 0.29) is 17.3 Å². The number of aromatic nitrogens is 1. The fourth-order valence-corrected chi connectivity index (χ4v) is 5.22. The Kier molecular flexibility index (Phi) is 4.36. The van der Waals surface area contributed by atoms with E-state index in [4.69, 9.17) is 25.8 Å². The highest BCUT2D eigenvalue weighted by Gasteiger charge is 2.53. The molecule has 2 aromatic carbocycles. The zero-order chi connectivity index (χ0) is 21.2. The van der Waals surface area contributed by atoms with Crippen molar-refractivity contribution in [2.45, 2.75) is 37.6 Å². The maximum atomic E-state index is 13.3. The van der Waals surface area contributed by atoms with Gasteiger partial charge in [-0.3, -0.25) is 4.79 Å². The Bertz CT molecular complexity index is 1240. The molecule has 7 heteroatoms. The van der Waals surface area contributed by atoms with Crippen molar-refractivity contribution >= 4 is 22.5 Å². The maximum absolute atomic E-state index is 13.3. The number of ether oxygens (including phenoxy) is 3. The maximum Gasteiger partial charge on any atom is 0.231 e. The number of aromatic amines is 1. The highest BCUT2D eigenvalue weighted by molar-refractivity contribution is 6.30. The fourth-order valence-electron chi connectivity index (χ4n) is 5.05. The van der Waals surface area contributed by atoms with Gasteiger partial charge < -0.3 is 24.3 Å². The first-order valence-electron chi connectivity index (χ1n) is 9.86. The quantitative estimate of drug-likeness (QED) is 0.661. The predicted molar refractivity (Wildman–Crippen MR) is 114 cm³/mol. The molecular formula is C23H22ClNO5. The normalized spacial score (nSPS) is 24.7. The Balaban J connectivity index is 1.89. The van der Waals surface area contributed by atoms with Crippen LogP contribution in [0, 0.1) is 6.92 Å². The number of benzene rings is 2. The van der Waals surface area contributed by atoms with Crippen molar-refractivity contribution in [3.63, 3.8) is 0 Å². The number of pyridine rings is 1. The van der Waals surface area contributed by atoms with E-state index in [1.54, 1.807) is 32.2 Å². The van der Waals surface area contributed by atoms with Gasteiger partial charge in [0.15, 0.2) is 5.75 Å². The summed E-state index contributed by atoms with van der Waals surface area (Å²) in [5.74, 6) is 0.775. The van der Waals surface area contributed by atoms with E-state index in [0.717, 1.165) is 0 Å². The molecule has 0 unspecified atom stereocenters. The van der Waals surface area contributed by atoms with Crippen LogP contribution in [0.4, 0.5) is 0 Å². The predicted octanol–water partition coefficient (Wildman–Crippen LogP) is 3.98. The van der Waals surface area contributed by atoms with Gasteiger partial charge in [-0.05, 0) is 49.6 Å². The van der Waals surface area contributed by atoms with E-state index < -0.39 is 11.7 Å². The molecule has 3 aromatic rings. The smallest absolute Gasteiger partial charge is 0.231 e. The number of aryl methyl sites for hydroxylation is 1. The number of halogens is 1. The molecule has 0 amide bonds. The van der Waals surface area contributed by atoms with Crippen molar-refractivity contribution in [3.05, 3.63) is 68.0 Å². The second-order valence-electron chi connectivity index (χ2n) is 7.86. The Hall–Kier alpha value is -2.54. The van der Waals surface area contributed by atoms with Crippen LogP contribution in [0.2, 0.25) is 5.02 Å². The Labute approximate surface area is 178 Å². The number of aliphatic hydroxyl groups is 1. The highest BCUT2D eigenvalue weighted by Crippen LogP contribution is 2.55. The van der Waals surface area contributed by atoms with E-state index in [1.165, 1.54) is 7.11 Å². The molecule has 3 heterocycles. The van der Waals surface area contributed by atoms with E-state index >= 15 is 0 Å². The summed E-state index contributed by atoms with van der Waals surface area (Å²) in [4.78, 5) is 16.6. The van der Waals surface area contributed by atoms with Gasteiger partial charge in [0.05, 0.1) is 43.0 Å². The van der Waals surface area contributed by atoms with Crippen molar-refractivity contribution in [2.24, 2.45) is 0 Å². The SMILES string of the molecule is COc1ccc(Cl)cc1[C@@]1(O)c2ccc3[nH]c(C)c(OC)c(=O)c3c2[C@@H]2CC[C@H]1O2. The van der Waals surface area contributed by atoms with Crippen molar-refractivity contribution in [1.29, 1.82) is 0 Å². The number of rotatable bonds is 3. The number of fused-ring (bicyclic) bond motifs is 6. The first-order chi connectivity index (χ1) is 14.4. The van der Waals surface area contributed by atoms with Crippen LogP contribution in [-0.4, -0.2) is 30.4 Å². The zero-order valence-electron chi connectivity index (χ0n) is 16.9. The third-order valence-electron chi connectivity index (χ3n) is 6.34. The largest absolute Gasteiger partial charge is 0.496 e. The number of hydrogen-bond donors (Lipinski definition) is 2. The molecule has 1 saturated heterocycles. The summed E-state index contributed by atoms with van der Waals surface area (Å²) >= 11 is 6.28. The molecule has 1 aromatic heterocycles. The Morgan fingerprint density at radius 3 is 2.70 bits per heavy atom. The van der Waals surface area contributed by atoms with Crippen LogP contribution in [0.1, 0.15) is 41.3 Å². The number of methoxy groups -OCH3 is 2. The Morgan fingerprint density at radius 2 is 1.97 bits per heavy atom. The summed E-state index contributed by atoms with van der Waals surface area (Å²) in [6.07, 6.45) is 0.616. The van der Waals surface area contributed by atoms with Crippen molar-refractivity contribution < 1.29 is 19.3 Å². The molecular weight excluding hydrogens is 406 g/mol. The van der Waals surface area contributed by atoms with E-state index in [2.05, 4.69) is 4.98 Å². The van der Waals surface area contributed by atoms with Gasteiger partial charge >= 0.3 is 0 Å². The lowest BCUT2D eigenvalue weighted by Crippen LogP contribution is -2.44. The molecule has 2 bridgehead atoms. The first-order valence-corrected chi connectivity index (χ1v) is 10.2. The van der Waals surface area contributed by atoms with Gasteiger partial charge in [-0.1, -0.05) is 17.7 Å². The third-order valence-corrected chi connectivity index (χ3v) is 6.57. The molecule has 5 rings (SSSR count). The Morgan fingerprint density at radius 1 is 1.17 bits per heavy atom. The lowest BCUT2D eigenvalue weighted by molar-refractivity contribution is -0.102. The monoisotopic (exact) mass is 427 g/mol. The molecule has 0 spiro atoms. The standard InChI is InChI=1S/C23H22ClNO5/c1-11-22(29-3)21(26)20-15(25-11)6-5-13-19(20)17-8-9-18(30-17)23(13,27)14-10-12(24)4-7-16(14)28-2/h4-7,10,17-18,27H,8-9H2,1-3H3,(H,25,26)/t17-,18+,23-/m0/s1. The highest BCUT2D eigenvalue weighted by atomic mass is 35.5. The van der Waals surface area contributed by atoms with Gasteiger partial charge in [0, 0.05) is 16.1 Å². The van der Waals surface area contributed by atoms with Gasteiger partial charge in [-0.2, -0.15) is 0 Å². The minimum Gasteiger partial charge on any atom is -0.496 e. The van der Waals surface area contributed by atoms with Crippen LogP contribution in [0.3, 0.4) is 0 Å². The van der Waals surface area contributed by atoms with Crippen LogP contribution in [0.5, 0.6) is 11.5 Å². The van der Waals surface area contributed by atoms with Crippen molar-refractivity contribution in [1.82, 2.24) is 4.98 Å². The van der Waals surface area contributed by atoms with E-state index in [0.29, 0.717) is 56.9 Å². The lowest BCUT2D eigenvalue weighted by Gasteiger charge is -2.41. The van der Waals surface area contributed by atoms with Crippen LogP contribution in [0.15, 0.2) is 35.1 Å². The second-order valence-corrected chi connectivity index (χ2v) is 8.30. The molecule has 0 radical (unpaired) electrons. The molecule has 2 aliphatic rings. The number of hydrogen-bond acceptors (Lipinski definition) is 5. The molecule has 6 nitrogen and oxygen atoms in total. The van der Waals surface area contributed by atoms with Gasteiger partial charge in [-0.15, -0.1) is 0 Å². The summed E-state index contributed by atoms with van der Waals surface area (Å²) < 4.78 is 17.2. The van der Waals surface area contributed by atoms with E-state index in [9.17, 15) is 9.90 Å². The molecule has 156 valence electrons. The summed E-state index contributed by atoms with van der Waals surface area (Å²) in [6, 6.07) is 8.85. The average Bonchev–Trinajstić information content (AvgIpc) is 3.19. The summed E-state index contributed by atoms with van der Waals surface area (Å²) in [5, 5.41) is 13.1. The van der Waals surface area contributed by atoms with Gasteiger partial charge in [0.25, 0.3) is 0 Å². The van der Waals surface area contributed by atoms with Crippen molar-refractivity contribution in [3.8, 4) is 11.5 Å². The lowest BCUT2D eigenvalue weighted by atomic mass is 9.77. The molecule has 1 fully saturated rings. The molecule has 30 heavy (non-hydrogen) atoms. The van der Waals surface area contributed by atoms with Gasteiger partial charge in [0.2, 0.25) is 5.43 Å². The summed E-state index contributed by atoms with van der Waals surface area (Å²) in [7, 11) is 3.03. The topological polar surface area (TPSA) is 80.8 Å². The van der Waals surface area contributed by atoms with Crippen LogP contribution < -0.4 is 14.9 Å². The molecule has 3 atom stereocenters. The molecule has 2 aliphatic heterocycles. The van der Waals surface area contributed by atoms with Crippen LogP contribution >= 0.6 is 11.6 Å². The molecule has 0 aliphatic carbocycles. The number of H-pyrrole nitrogens is 1. The molecule has 2 N–H and O–H groups in total. The minimum atomic E-state index is -1.50. The number of nitrogens with one attached hydrogen (secondary N) is 1. The van der Waals surface area contributed by atoms with Crippen LogP contribution in [-0.2, 0) is 10.3 Å². The van der Waals surface area contributed by atoms with Crippen LogP contribution in [0.25, 0.3) is 10.9 Å². The first kappa shape index (κ1) is 19.4. The molecule has 0 saturated carbocycles. The summed E-state index contributed by atoms with van der Waals surface area (Å²) in [5.41, 5.74) is 1.50. The van der Waals surface area contributed by atoms with Crippen molar-refractivity contribution in [2.75, 3.05) is 14.2 Å². The van der Waals surface area contributed by atoms with Gasteiger partial charge in [-0.25, -0.2) is 0 Å². The third kappa shape index (κ3) is 2.47. The van der Waals surface area contributed by atoms with E-state index in [1.807, 2.05) is 12.1 Å². The fraction of sp³-hybridized carbons (Fsp3) is 0.348. The summed E-state index contributed by atoms with van der Waals surface area (Å²) in [6.45, 7) is 1.80. The van der Waals surface area contributed by atoms with Gasteiger partial charge in [0.1, 0.15) is 11.4 Å². The minimum absolute atomic E-state index is 0.213.